The lowest BCUT2D eigenvalue weighted by Crippen LogP contribution is -2.37. The number of nitrogens with two attached hydrogens (primary N) is 1. The van der Waals surface area contributed by atoms with Gasteiger partial charge in [0.25, 0.3) is 0 Å². The Morgan fingerprint density at radius 1 is 1.12 bits per heavy atom. The zero-order valence-corrected chi connectivity index (χ0v) is 11.2. The van der Waals surface area contributed by atoms with Crippen molar-refractivity contribution in [2.75, 3.05) is 6.54 Å². The molecule has 0 aromatic heterocycles. The normalized spacial score (nSPS) is 19.3. The molecule has 0 unspecified atom stereocenters. The molecule has 1 aliphatic carbocycles. The van der Waals surface area contributed by atoms with Gasteiger partial charge < -0.3 is 5.73 Å². The molecule has 1 aliphatic rings. The zero-order chi connectivity index (χ0) is 12.5. The average molecular weight is 304 g/mol. The highest BCUT2D eigenvalue weighted by molar-refractivity contribution is 9.10. The fourth-order valence-electron chi connectivity index (χ4n) is 2.74. The predicted octanol–water partition coefficient (Wildman–Crippen LogP) is 3.89. The van der Waals surface area contributed by atoms with Gasteiger partial charge >= 0.3 is 0 Å². The molecular formula is C13H16BrF2N. The third kappa shape index (κ3) is 2.38. The second-order valence-electron chi connectivity index (χ2n) is 4.79. The second-order valence-corrected chi connectivity index (χ2v) is 5.65. The van der Waals surface area contributed by atoms with E-state index in [-0.39, 0.29) is 5.41 Å². The SMILES string of the molecule is NCC1(c2cc(F)c(F)cc2Br)CCCCC1. The van der Waals surface area contributed by atoms with E-state index < -0.39 is 11.6 Å². The van der Waals surface area contributed by atoms with Crippen molar-refractivity contribution in [3.05, 3.63) is 33.8 Å². The fourth-order valence-corrected chi connectivity index (χ4v) is 3.48. The van der Waals surface area contributed by atoms with E-state index in [9.17, 15) is 8.78 Å². The maximum atomic E-state index is 13.4. The van der Waals surface area contributed by atoms with Gasteiger partial charge in [0.1, 0.15) is 0 Å². The lowest BCUT2D eigenvalue weighted by atomic mass is 9.69. The number of benzene rings is 1. The van der Waals surface area contributed by atoms with Crippen LogP contribution in [0.1, 0.15) is 37.7 Å². The number of hydrogen-bond acceptors (Lipinski definition) is 1. The molecule has 0 atom stereocenters. The minimum Gasteiger partial charge on any atom is -0.330 e. The first kappa shape index (κ1) is 13.0. The Morgan fingerprint density at radius 3 is 2.29 bits per heavy atom. The quantitative estimate of drug-likeness (QED) is 0.824. The number of rotatable bonds is 2. The summed E-state index contributed by atoms with van der Waals surface area (Å²) in [4.78, 5) is 0. The highest BCUT2D eigenvalue weighted by Gasteiger charge is 2.34. The molecule has 1 fully saturated rings. The maximum absolute atomic E-state index is 13.4. The maximum Gasteiger partial charge on any atom is 0.159 e. The van der Waals surface area contributed by atoms with E-state index in [0.717, 1.165) is 31.2 Å². The van der Waals surface area contributed by atoms with Crippen molar-refractivity contribution in [3.8, 4) is 0 Å². The second kappa shape index (κ2) is 5.02. The lowest BCUT2D eigenvalue weighted by molar-refractivity contribution is 0.298. The third-order valence-corrected chi connectivity index (χ3v) is 4.44. The summed E-state index contributed by atoms with van der Waals surface area (Å²) in [6.07, 6.45) is 5.30. The molecule has 0 aliphatic heterocycles. The van der Waals surface area contributed by atoms with Gasteiger partial charge in [-0.2, -0.15) is 0 Å². The van der Waals surface area contributed by atoms with Gasteiger partial charge in [0.15, 0.2) is 11.6 Å². The molecule has 0 spiro atoms. The van der Waals surface area contributed by atoms with E-state index in [1.54, 1.807) is 0 Å². The molecule has 2 rings (SSSR count). The van der Waals surface area contributed by atoms with Gasteiger partial charge in [0, 0.05) is 16.4 Å². The topological polar surface area (TPSA) is 26.0 Å². The van der Waals surface area contributed by atoms with Crippen LogP contribution in [-0.4, -0.2) is 6.54 Å². The largest absolute Gasteiger partial charge is 0.330 e. The van der Waals surface area contributed by atoms with Crippen LogP contribution in [0.3, 0.4) is 0 Å². The van der Waals surface area contributed by atoms with Crippen molar-refractivity contribution in [2.24, 2.45) is 5.73 Å². The summed E-state index contributed by atoms with van der Waals surface area (Å²) in [5.74, 6) is -1.61. The summed E-state index contributed by atoms with van der Waals surface area (Å²) in [7, 11) is 0. The summed E-state index contributed by atoms with van der Waals surface area (Å²) in [5.41, 5.74) is 6.52. The molecule has 94 valence electrons. The van der Waals surface area contributed by atoms with Crippen LogP contribution in [0.5, 0.6) is 0 Å². The van der Waals surface area contributed by atoms with E-state index in [0.29, 0.717) is 11.0 Å². The Balaban J connectivity index is 2.46. The molecule has 0 bridgehead atoms. The molecular weight excluding hydrogens is 288 g/mol. The van der Waals surface area contributed by atoms with Crippen LogP contribution in [-0.2, 0) is 5.41 Å². The first-order valence-electron chi connectivity index (χ1n) is 5.94. The molecule has 1 aromatic rings. The van der Waals surface area contributed by atoms with Crippen molar-refractivity contribution in [1.29, 1.82) is 0 Å². The minimum absolute atomic E-state index is 0.189. The highest BCUT2D eigenvalue weighted by Crippen LogP contribution is 2.42. The minimum atomic E-state index is -0.816. The van der Waals surface area contributed by atoms with Crippen molar-refractivity contribution < 1.29 is 8.78 Å². The van der Waals surface area contributed by atoms with Gasteiger partial charge in [-0.3, -0.25) is 0 Å². The Kier molecular flexibility index (Phi) is 3.83. The monoisotopic (exact) mass is 303 g/mol. The summed E-state index contributed by atoms with van der Waals surface area (Å²) >= 11 is 3.33. The van der Waals surface area contributed by atoms with E-state index in [4.69, 9.17) is 5.73 Å². The first-order valence-corrected chi connectivity index (χ1v) is 6.73. The van der Waals surface area contributed by atoms with Crippen molar-refractivity contribution >= 4 is 15.9 Å². The molecule has 1 nitrogen and oxygen atoms in total. The van der Waals surface area contributed by atoms with Crippen LogP contribution in [0.15, 0.2) is 16.6 Å². The summed E-state index contributed by atoms with van der Waals surface area (Å²) in [6, 6.07) is 2.51. The van der Waals surface area contributed by atoms with E-state index in [2.05, 4.69) is 15.9 Å². The molecule has 1 saturated carbocycles. The van der Waals surface area contributed by atoms with Crippen LogP contribution in [0, 0.1) is 11.6 Å². The molecule has 2 N–H and O–H groups in total. The molecule has 0 amide bonds. The van der Waals surface area contributed by atoms with E-state index in [1.807, 2.05) is 0 Å². The standard InChI is InChI=1S/C13H16BrF2N/c14-10-7-12(16)11(15)6-9(10)13(8-17)4-2-1-3-5-13/h6-7H,1-5,8,17H2. The third-order valence-electron chi connectivity index (χ3n) is 3.78. The fraction of sp³-hybridized carbons (Fsp3) is 0.538. The zero-order valence-electron chi connectivity index (χ0n) is 9.61. The van der Waals surface area contributed by atoms with Gasteiger partial charge in [0.05, 0.1) is 0 Å². The van der Waals surface area contributed by atoms with Crippen LogP contribution < -0.4 is 5.73 Å². The molecule has 0 heterocycles. The van der Waals surface area contributed by atoms with Crippen LogP contribution in [0.25, 0.3) is 0 Å². The van der Waals surface area contributed by atoms with E-state index in [1.165, 1.54) is 18.6 Å². The molecule has 0 radical (unpaired) electrons. The average Bonchev–Trinajstić information content (AvgIpc) is 2.34. The van der Waals surface area contributed by atoms with Crippen molar-refractivity contribution in [1.82, 2.24) is 0 Å². The number of hydrogen-bond donors (Lipinski definition) is 1. The highest BCUT2D eigenvalue weighted by atomic mass is 79.9. The smallest absolute Gasteiger partial charge is 0.159 e. The summed E-state index contributed by atoms with van der Waals surface area (Å²) < 4.78 is 27.1. The summed E-state index contributed by atoms with van der Waals surface area (Å²) in [6.45, 7) is 0.483. The van der Waals surface area contributed by atoms with E-state index >= 15 is 0 Å². The Morgan fingerprint density at radius 2 is 1.71 bits per heavy atom. The molecule has 1 aromatic carbocycles. The Labute approximate surface area is 109 Å². The van der Waals surface area contributed by atoms with Crippen molar-refractivity contribution in [3.63, 3.8) is 0 Å². The van der Waals surface area contributed by atoms with Gasteiger partial charge in [-0.25, -0.2) is 8.78 Å². The van der Waals surface area contributed by atoms with Gasteiger partial charge in [-0.05, 0) is 30.5 Å². The van der Waals surface area contributed by atoms with Crippen LogP contribution in [0.4, 0.5) is 8.78 Å². The molecule has 4 heteroatoms. The molecule has 17 heavy (non-hydrogen) atoms. The Hall–Kier alpha value is -0.480. The predicted molar refractivity (Wildman–Crippen MR) is 67.9 cm³/mol. The van der Waals surface area contributed by atoms with Crippen LogP contribution in [0.2, 0.25) is 0 Å². The summed E-state index contributed by atoms with van der Waals surface area (Å²) in [5, 5.41) is 0. The number of halogens is 3. The van der Waals surface area contributed by atoms with Gasteiger partial charge in [0.2, 0.25) is 0 Å². The van der Waals surface area contributed by atoms with Gasteiger partial charge in [-0.1, -0.05) is 35.2 Å². The van der Waals surface area contributed by atoms with Crippen molar-refractivity contribution in [2.45, 2.75) is 37.5 Å². The Bertz CT molecular complexity index is 414. The molecule has 0 saturated heterocycles. The first-order chi connectivity index (χ1) is 8.09. The van der Waals surface area contributed by atoms with Crippen LogP contribution >= 0.6 is 15.9 Å². The lowest BCUT2D eigenvalue weighted by Gasteiger charge is -2.37. The van der Waals surface area contributed by atoms with Gasteiger partial charge in [-0.15, -0.1) is 0 Å².